The maximum absolute atomic E-state index is 13.0. The van der Waals surface area contributed by atoms with Crippen LogP contribution in [-0.2, 0) is 18.4 Å². The number of thiazole rings is 1. The molecule has 0 aliphatic carbocycles. The lowest BCUT2D eigenvalue weighted by atomic mass is 10.2. The van der Waals surface area contributed by atoms with Crippen LogP contribution in [0, 0.1) is 0 Å². The molecule has 1 unspecified atom stereocenters. The third-order valence-corrected chi connectivity index (χ3v) is 6.76. The second kappa shape index (κ2) is 8.55. The van der Waals surface area contributed by atoms with Crippen molar-refractivity contribution < 1.29 is 4.79 Å². The first-order chi connectivity index (χ1) is 15.6. The number of hydrogen-bond donors (Lipinski definition) is 1. The highest BCUT2D eigenvalue weighted by atomic mass is 32.1. The van der Waals surface area contributed by atoms with Crippen LogP contribution in [0.1, 0.15) is 18.4 Å². The summed E-state index contributed by atoms with van der Waals surface area (Å²) in [6.07, 6.45) is 1.66. The van der Waals surface area contributed by atoms with Crippen LogP contribution in [0.25, 0.3) is 21.7 Å². The number of rotatable bonds is 5. The SMILES string of the molecule is Cn1c(-c2ccccc2)nc2sc(N3CCCC3C(=O)NCc3ccccc3)nc2c1=O. The van der Waals surface area contributed by atoms with Crippen molar-refractivity contribution in [1.29, 1.82) is 0 Å². The van der Waals surface area contributed by atoms with E-state index in [2.05, 4.69) is 10.3 Å². The van der Waals surface area contributed by atoms with Gasteiger partial charge in [0.05, 0.1) is 0 Å². The summed E-state index contributed by atoms with van der Waals surface area (Å²) in [5, 5.41) is 3.71. The molecule has 1 amide bonds. The number of nitrogens with zero attached hydrogens (tertiary/aromatic N) is 4. The Morgan fingerprint density at radius 3 is 2.56 bits per heavy atom. The zero-order valence-electron chi connectivity index (χ0n) is 17.7. The Bertz CT molecular complexity index is 1320. The number of aromatic nitrogens is 3. The predicted octanol–water partition coefficient (Wildman–Crippen LogP) is 3.34. The van der Waals surface area contributed by atoms with Gasteiger partial charge in [-0.15, -0.1) is 0 Å². The third kappa shape index (κ3) is 3.78. The summed E-state index contributed by atoms with van der Waals surface area (Å²) < 4.78 is 1.54. The lowest BCUT2D eigenvalue weighted by Crippen LogP contribution is -2.43. The standard InChI is InChI=1S/C24H23N5O2S/c1-28-20(17-11-6-3-7-12-17)27-22-19(23(28)31)26-24(32-22)29-14-8-13-18(29)21(30)25-15-16-9-4-2-5-10-16/h2-7,9-12,18H,8,13-15H2,1H3,(H,25,30). The molecule has 1 aliphatic heterocycles. The quantitative estimate of drug-likeness (QED) is 0.510. The highest BCUT2D eigenvalue weighted by Crippen LogP contribution is 2.32. The van der Waals surface area contributed by atoms with Gasteiger partial charge in [0.25, 0.3) is 5.56 Å². The van der Waals surface area contributed by atoms with Crippen molar-refractivity contribution in [3.05, 3.63) is 76.6 Å². The summed E-state index contributed by atoms with van der Waals surface area (Å²) in [5.41, 5.74) is 2.11. The van der Waals surface area contributed by atoms with Gasteiger partial charge in [-0.2, -0.15) is 0 Å². The van der Waals surface area contributed by atoms with Crippen molar-refractivity contribution >= 4 is 32.7 Å². The fourth-order valence-electron chi connectivity index (χ4n) is 4.08. The van der Waals surface area contributed by atoms with Crippen molar-refractivity contribution in [2.75, 3.05) is 11.4 Å². The number of benzene rings is 2. The Kier molecular flexibility index (Phi) is 5.45. The monoisotopic (exact) mass is 445 g/mol. The summed E-state index contributed by atoms with van der Waals surface area (Å²) in [6.45, 7) is 1.22. The molecule has 0 spiro atoms. The molecule has 5 rings (SSSR count). The van der Waals surface area contributed by atoms with E-state index in [1.54, 1.807) is 7.05 Å². The van der Waals surface area contributed by atoms with Gasteiger partial charge in [0.15, 0.2) is 15.5 Å². The van der Waals surface area contributed by atoms with Gasteiger partial charge in [-0.25, -0.2) is 9.97 Å². The minimum atomic E-state index is -0.295. The van der Waals surface area contributed by atoms with E-state index >= 15 is 0 Å². The molecule has 7 nitrogen and oxygen atoms in total. The topological polar surface area (TPSA) is 80.1 Å². The number of fused-ring (bicyclic) bond motifs is 1. The van der Waals surface area contributed by atoms with Crippen LogP contribution in [0.2, 0.25) is 0 Å². The Morgan fingerprint density at radius 2 is 1.81 bits per heavy atom. The lowest BCUT2D eigenvalue weighted by Gasteiger charge is -2.23. The van der Waals surface area contributed by atoms with E-state index in [0.717, 1.165) is 30.5 Å². The number of carbonyl (C=O) groups excluding carboxylic acids is 1. The second-order valence-corrected chi connectivity index (χ2v) is 8.83. The minimum Gasteiger partial charge on any atom is -0.350 e. The van der Waals surface area contributed by atoms with Gasteiger partial charge in [0, 0.05) is 25.7 Å². The Labute approximate surface area is 189 Å². The molecule has 4 aromatic rings. The fourth-order valence-corrected chi connectivity index (χ4v) is 5.09. The second-order valence-electron chi connectivity index (χ2n) is 7.87. The van der Waals surface area contributed by atoms with Gasteiger partial charge in [-0.3, -0.25) is 14.2 Å². The largest absolute Gasteiger partial charge is 0.350 e. The van der Waals surface area contributed by atoms with Gasteiger partial charge in [0.1, 0.15) is 11.9 Å². The molecule has 2 aromatic heterocycles. The molecule has 0 radical (unpaired) electrons. The maximum Gasteiger partial charge on any atom is 0.281 e. The molecular formula is C24H23N5O2S. The van der Waals surface area contributed by atoms with E-state index in [9.17, 15) is 9.59 Å². The summed E-state index contributed by atoms with van der Waals surface area (Å²) in [4.78, 5) is 37.9. The molecule has 162 valence electrons. The number of amides is 1. The molecule has 1 N–H and O–H groups in total. The Balaban J connectivity index is 1.43. The number of carbonyl (C=O) groups is 1. The van der Waals surface area contributed by atoms with Gasteiger partial charge in [0.2, 0.25) is 5.91 Å². The molecule has 1 aliphatic rings. The summed E-state index contributed by atoms with van der Waals surface area (Å²) >= 11 is 1.37. The van der Waals surface area contributed by atoms with Gasteiger partial charge >= 0.3 is 0 Å². The van der Waals surface area contributed by atoms with Crippen molar-refractivity contribution in [3.8, 4) is 11.4 Å². The summed E-state index contributed by atoms with van der Waals surface area (Å²) in [5.74, 6) is 0.591. The maximum atomic E-state index is 13.0. The molecule has 0 saturated carbocycles. The Morgan fingerprint density at radius 1 is 1.09 bits per heavy atom. The third-order valence-electron chi connectivity index (χ3n) is 5.77. The van der Waals surface area contributed by atoms with Gasteiger partial charge < -0.3 is 10.2 Å². The molecule has 1 fully saturated rings. The predicted molar refractivity (Wildman–Crippen MR) is 127 cm³/mol. The molecular weight excluding hydrogens is 422 g/mol. The van der Waals surface area contributed by atoms with E-state index in [1.807, 2.05) is 65.6 Å². The van der Waals surface area contributed by atoms with Crippen molar-refractivity contribution in [3.63, 3.8) is 0 Å². The summed E-state index contributed by atoms with van der Waals surface area (Å²) in [6, 6.07) is 19.2. The molecule has 1 saturated heterocycles. The molecule has 1 atom stereocenters. The van der Waals surface area contributed by atoms with Crippen molar-refractivity contribution in [2.45, 2.75) is 25.4 Å². The highest BCUT2D eigenvalue weighted by Gasteiger charge is 2.33. The van der Waals surface area contributed by atoms with Crippen LogP contribution < -0.4 is 15.8 Å². The van der Waals surface area contributed by atoms with E-state index in [0.29, 0.717) is 27.8 Å². The van der Waals surface area contributed by atoms with Crippen molar-refractivity contribution in [1.82, 2.24) is 19.9 Å². The number of nitrogens with one attached hydrogen (secondary N) is 1. The van der Waals surface area contributed by atoms with Crippen LogP contribution in [0.3, 0.4) is 0 Å². The minimum absolute atomic E-state index is 0.0172. The molecule has 2 aromatic carbocycles. The van der Waals surface area contributed by atoms with Crippen LogP contribution in [0.4, 0.5) is 5.13 Å². The molecule has 0 bridgehead atoms. The molecule has 32 heavy (non-hydrogen) atoms. The zero-order chi connectivity index (χ0) is 22.1. The Hall–Kier alpha value is -3.52. The van der Waals surface area contributed by atoms with E-state index < -0.39 is 0 Å². The van der Waals surface area contributed by atoms with Crippen LogP contribution in [0.15, 0.2) is 65.5 Å². The van der Waals surface area contributed by atoms with Gasteiger partial charge in [-0.1, -0.05) is 72.0 Å². The average molecular weight is 446 g/mol. The first-order valence-corrected chi connectivity index (χ1v) is 11.4. The van der Waals surface area contributed by atoms with Crippen molar-refractivity contribution in [2.24, 2.45) is 7.05 Å². The van der Waals surface area contributed by atoms with E-state index in [1.165, 1.54) is 15.9 Å². The number of anilines is 1. The zero-order valence-corrected chi connectivity index (χ0v) is 18.5. The average Bonchev–Trinajstić information content (AvgIpc) is 3.48. The highest BCUT2D eigenvalue weighted by molar-refractivity contribution is 7.21. The molecule has 8 heteroatoms. The summed E-state index contributed by atoms with van der Waals surface area (Å²) in [7, 11) is 1.71. The van der Waals surface area contributed by atoms with Crippen LogP contribution in [0.5, 0.6) is 0 Å². The smallest absolute Gasteiger partial charge is 0.281 e. The molecule has 3 heterocycles. The first-order valence-electron chi connectivity index (χ1n) is 10.6. The van der Waals surface area contributed by atoms with Gasteiger partial charge in [-0.05, 0) is 18.4 Å². The number of hydrogen-bond acceptors (Lipinski definition) is 6. The van der Waals surface area contributed by atoms with Crippen LogP contribution >= 0.6 is 11.3 Å². The fraction of sp³-hybridized carbons (Fsp3) is 0.250. The van der Waals surface area contributed by atoms with Crippen LogP contribution in [-0.4, -0.2) is 33.0 Å². The first kappa shape index (κ1) is 20.4. The van der Waals surface area contributed by atoms with E-state index in [-0.39, 0.29) is 17.5 Å². The lowest BCUT2D eigenvalue weighted by molar-refractivity contribution is -0.122. The normalized spacial score (nSPS) is 15.9. The van der Waals surface area contributed by atoms with E-state index in [4.69, 9.17) is 4.98 Å².